The minimum atomic E-state index is -4.62. The van der Waals surface area contributed by atoms with Gasteiger partial charge in [0.25, 0.3) is 12.2 Å². The van der Waals surface area contributed by atoms with E-state index in [9.17, 15) is 23.1 Å². The number of benzene rings is 1. The van der Waals surface area contributed by atoms with Gasteiger partial charge in [-0.05, 0) is 69.1 Å². The van der Waals surface area contributed by atoms with Crippen LogP contribution in [0.15, 0.2) is 47.9 Å². The summed E-state index contributed by atoms with van der Waals surface area (Å²) in [4.78, 5) is 15.1. The molecule has 6 nitrogen and oxygen atoms in total. The van der Waals surface area contributed by atoms with Crippen molar-refractivity contribution in [3.8, 4) is 5.75 Å². The smallest absolute Gasteiger partial charge is 0.419 e. The van der Waals surface area contributed by atoms with Crippen molar-refractivity contribution in [2.75, 3.05) is 13.1 Å². The number of allylic oxidation sites excluding steroid dienone is 2. The van der Waals surface area contributed by atoms with E-state index in [1.54, 1.807) is 12.1 Å². The molecular weight excluding hydrogens is 401 g/mol. The van der Waals surface area contributed by atoms with Gasteiger partial charge in [-0.2, -0.15) is 13.2 Å². The maximum absolute atomic E-state index is 12.7. The van der Waals surface area contributed by atoms with Crippen molar-refractivity contribution in [2.45, 2.75) is 44.3 Å². The Labute approximate surface area is 171 Å². The molecule has 2 N–H and O–H groups in total. The molecule has 3 atom stereocenters. The van der Waals surface area contributed by atoms with Gasteiger partial charge in [0.2, 0.25) is 0 Å². The fourth-order valence-corrected chi connectivity index (χ4v) is 4.29. The van der Waals surface area contributed by atoms with E-state index in [0.717, 1.165) is 25.9 Å². The van der Waals surface area contributed by atoms with Crippen LogP contribution in [0.4, 0.5) is 13.2 Å². The number of halogens is 3. The Hall–Kier alpha value is -2.68. The maximum atomic E-state index is 12.7. The first-order valence-corrected chi connectivity index (χ1v) is 9.87. The first-order valence-electron chi connectivity index (χ1n) is 9.87. The number of amides is 1. The largest absolute Gasteiger partial charge is 0.505 e. The monoisotopic (exact) mass is 424 g/mol. The highest BCUT2D eigenvalue weighted by molar-refractivity contribution is 5.94. The molecular formula is C21H23F3N2O4. The number of fused-ring (bicyclic) bond motifs is 3. The lowest BCUT2D eigenvalue weighted by molar-refractivity contribution is -0.0989. The molecule has 4 aliphatic heterocycles. The quantitative estimate of drug-likeness (QED) is 0.774. The molecule has 30 heavy (non-hydrogen) atoms. The summed E-state index contributed by atoms with van der Waals surface area (Å²) in [6, 6.07) is 6.57. The Bertz CT molecular complexity index is 856. The van der Waals surface area contributed by atoms with Crippen molar-refractivity contribution in [1.29, 1.82) is 0 Å². The topological polar surface area (TPSA) is 71.0 Å². The van der Waals surface area contributed by atoms with Crippen molar-refractivity contribution >= 4 is 5.91 Å². The summed E-state index contributed by atoms with van der Waals surface area (Å²) in [6.45, 7) is 4.29. The van der Waals surface area contributed by atoms with E-state index in [4.69, 9.17) is 9.47 Å². The number of nitrogens with zero attached hydrogens (tertiary/aromatic N) is 1. The predicted molar refractivity (Wildman–Crippen MR) is 102 cm³/mol. The third kappa shape index (κ3) is 4.12. The number of ether oxygens (including phenoxy) is 2. The number of carbonyl (C=O) groups excluding carboxylic acids is 1. The molecule has 2 bridgehead atoms. The molecule has 9 heteroatoms. The molecule has 0 radical (unpaired) electrons. The van der Waals surface area contributed by atoms with Crippen LogP contribution in [-0.2, 0) is 4.74 Å². The number of piperidine rings is 3. The Morgan fingerprint density at radius 3 is 2.47 bits per heavy atom. The summed E-state index contributed by atoms with van der Waals surface area (Å²) in [5, 5.41) is 12.9. The predicted octanol–water partition coefficient (Wildman–Crippen LogP) is 3.52. The van der Waals surface area contributed by atoms with Crippen LogP contribution >= 0.6 is 0 Å². The van der Waals surface area contributed by atoms with Gasteiger partial charge in [0, 0.05) is 17.6 Å². The lowest BCUT2D eigenvalue weighted by Gasteiger charge is -2.49. The second-order valence-electron chi connectivity index (χ2n) is 7.86. The highest BCUT2D eigenvalue weighted by Crippen LogP contribution is 2.33. The van der Waals surface area contributed by atoms with Gasteiger partial charge in [0.05, 0.1) is 5.57 Å². The van der Waals surface area contributed by atoms with Crippen LogP contribution in [0.5, 0.6) is 5.75 Å². The minimum absolute atomic E-state index is 0.114. The van der Waals surface area contributed by atoms with Crippen molar-refractivity contribution in [2.24, 2.45) is 5.92 Å². The maximum Gasteiger partial charge on any atom is 0.419 e. The number of aliphatic hydroxyl groups is 1. The molecule has 162 valence electrons. The number of hydrogen-bond acceptors (Lipinski definition) is 5. The Kier molecular flexibility index (Phi) is 5.40. The summed E-state index contributed by atoms with van der Waals surface area (Å²) in [7, 11) is 0. The summed E-state index contributed by atoms with van der Waals surface area (Å²) in [5.74, 6) is -0.134. The van der Waals surface area contributed by atoms with E-state index in [1.165, 1.54) is 12.1 Å². The lowest BCUT2D eigenvalue weighted by Crippen LogP contribution is -2.62. The number of alkyl halides is 3. The van der Waals surface area contributed by atoms with E-state index >= 15 is 0 Å². The summed E-state index contributed by atoms with van der Waals surface area (Å²) in [6.07, 6.45) is -2.77. The molecule has 0 saturated carbocycles. The average molecular weight is 424 g/mol. The summed E-state index contributed by atoms with van der Waals surface area (Å²) in [5.41, 5.74) is -0.650. The number of carbonyl (C=O) groups is 1. The molecule has 1 aromatic carbocycles. The molecule has 4 heterocycles. The van der Waals surface area contributed by atoms with E-state index < -0.39 is 23.8 Å². The highest BCUT2D eigenvalue weighted by atomic mass is 19.4. The fraction of sp³-hybridized carbons (Fsp3) is 0.476. The SMILES string of the molecule is C[C@H]1[C@H](NC(=O)c2ccc(OC3OC=C(C(F)(F)F)C=C3O)cc2)C2CCN1CC2. The average Bonchev–Trinajstić information content (AvgIpc) is 2.72. The fourth-order valence-electron chi connectivity index (χ4n) is 4.29. The molecule has 0 spiro atoms. The standard InChI is InChI=1S/C21H23F3N2O4/c1-12-18(13-6-8-26(12)9-7-13)25-19(28)14-2-4-16(5-3-14)30-20-17(27)10-15(11-29-20)21(22,23)24/h2-5,10-13,18,20,27H,6-9H2,1H3,(H,25,28)/t12-,18-,20?/m0/s1. The number of aliphatic hydroxyl groups excluding tert-OH is 1. The van der Waals surface area contributed by atoms with Gasteiger partial charge in [0.15, 0.2) is 5.76 Å². The van der Waals surface area contributed by atoms with Gasteiger partial charge in [-0.3, -0.25) is 9.69 Å². The summed E-state index contributed by atoms with van der Waals surface area (Å²) >= 11 is 0. The van der Waals surface area contributed by atoms with Gasteiger partial charge < -0.3 is 19.9 Å². The van der Waals surface area contributed by atoms with Gasteiger partial charge in [-0.1, -0.05) is 0 Å². The van der Waals surface area contributed by atoms with Gasteiger partial charge >= 0.3 is 6.18 Å². The second kappa shape index (κ2) is 7.86. The molecule has 1 aromatic rings. The molecule has 4 aliphatic rings. The molecule has 0 aliphatic carbocycles. The van der Waals surface area contributed by atoms with Crippen LogP contribution < -0.4 is 10.1 Å². The van der Waals surface area contributed by atoms with Crippen LogP contribution in [-0.4, -0.2) is 53.6 Å². The van der Waals surface area contributed by atoms with Gasteiger partial charge in [-0.15, -0.1) is 0 Å². The molecule has 3 saturated heterocycles. The molecule has 3 fully saturated rings. The first kappa shape index (κ1) is 20.6. The van der Waals surface area contributed by atoms with Crippen molar-refractivity contribution in [1.82, 2.24) is 10.2 Å². The number of rotatable bonds is 4. The van der Waals surface area contributed by atoms with Crippen LogP contribution in [0.25, 0.3) is 0 Å². The van der Waals surface area contributed by atoms with Gasteiger partial charge in [-0.25, -0.2) is 0 Å². The van der Waals surface area contributed by atoms with E-state index in [-0.39, 0.29) is 17.7 Å². The van der Waals surface area contributed by atoms with Crippen molar-refractivity contribution in [3.63, 3.8) is 0 Å². The van der Waals surface area contributed by atoms with Crippen LogP contribution in [0.3, 0.4) is 0 Å². The molecule has 0 aromatic heterocycles. The Balaban J connectivity index is 1.36. The second-order valence-corrected chi connectivity index (χ2v) is 7.86. The zero-order valence-electron chi connectivity index (χ0n) is 16.4. The third-order valence-corrected chi connectivity index (χ3v) is 6.03. The molecule has 1 amide bonds. The Morgan fingerprint density at radius 2 is 1.90 bits per heavy atom. The van der Waals surface area contributed by atoms with E-state index in [1.807, 2.05) is 0 Å². The number of hydrogen-bond donors (Lipinski definition) is 2. The Morgan fingerprint density at radius 1 is 1.23 bits per heavy atom. The third-order valence-electron chi connectivity index (χ3n) is 6.03. The minimum Gasteiger partial charge on any atom is -0.505 e. The molecule has 5 rings (SSSR count). The number of nitrogens with one attached hydrogen (secondary N) is 1. The molecule has 1 unspecified atom stereocenters. The van der Waals surface area contributed by atoms with Crippen molar-refractivity contribution < 1.29 is 32.5 Å². The van der Waals surface area contributed by atoms with Crippen LogP contribution in [0.1, 0.15) is 30.1 Å². The van der Waals surface area contributed by atoms with Crippen LogP contribution in [0, 0.1) is 5.92 Å². The highest BCUT2D eigenvalue weighted by Gasteiger charge is 2.40. The van der Waals surface area contributed by atoms with E-state index in [0.29, 0.717) is 29.9 Å². The first-order chi connectivity index (χ1) is 14.2. The van der Waals surface area contributed by atoms with Crippen molar-refractivity contribution in [3.05, 3.63) is 53.5 Å². The van der Waals surface area contributed by atoms with Crippen LogP contribution in [0.2, 0.25) is 0 Å². The normalized spacial score (nSPS) is 30.7. The van der Waals surface area contributed by atoms with E-state index in [2.05, 4.69) is 17.1 Å². The zero-order chi connectivity index (χ0) is 21.5. The zero-order valence-corrected chi connectivity index (χ0v) is 16.4. The lowest BCUT2D eigenvalue weighted by atomic mass is 9.79. The van der Waals surface area contributed by atoms with Gasteiger partial charge in [0.1, 0.15) is 12.0 Å². The summed E-state index contributed by atoms with van der Waals surface area (Å²) < 4.78 is 48.2.